The van der Waals surface area contributed by atoms with Crippen LogP contribution < -0.4 is 0 Å². The van der Waals surface area contributed by atoms with Crippen LogP contribution in [0, 0.1) is 23.2 Å². The van der Waals surface area contributed by atoms with Crippen LogP contribution >= 0.6 is 0 Å². The standard InChI is InChI=1S/C21H32N2O2/c24-19-2-1-5-23(19)18-3-6-22(7-4-18)20(25)14-21-11-15-8-16(12-21)10-17(9-15)13-21/h15-18H,1-14H2. The minimum Gasteiger partial charge on any atom is -0.343 e. The summed E-state index contributed by atoms with van der Waals surface area (Å²) >= 11 is 0. The lowest BCUT2D eigenvalue weighted by molar-refractivity contribution is -0.141. The summed E-state index contributed by atoms with van der Waals surface area (Å²) in [6.07, 6.45) is 12.8. The molecule has 0 aromatic heterocycles. The molecular formula is C21H32N2O2. The Kier molecular flexibility index (Phi) is 3.87. The first kappa shape index (κ1) is 16.1. The van der Waals surface area contributed by atoms with Gasteiger partial charge in [0, 0.05) is 38.5 Å². The molecular weight excluding hydrogens is 312 g/mol. The van der Waals surface area contributed by atoms with Crippen molar-refractivity contribution < 1.29 is 9.59 Å². The van der Waals surface area contributed by atoms with Gasteiger partial charge in [-0.05, 0) is 81.0 Å². The fourth-order valence-corrected chi connectivity index (χ4v) is 7.42. The number of rotatable bonds is 3. The molecule has 0 aromatic carbocycles. The average molecular weight is 344 g/mol. The highest BCUT2D eigenvalue weighted by Gasteiger charge is 2.51. The van der Waals surface area contributed by atoms with Crippen LogP contribution in [0.2, 0.25) is 0 Å². The molecule has 0 aromatic rings. The second-order valence-corrected chi connectivity index (χ2v) is 9.90. The SMILES string of the molecule is O=C(CC12CC3CC(CC(C3)C1)C2)N1CCC(N2CCCC2=O)CC1. The van der Waals surface area contributed by atoms with Crippen molar-refractivity contribution in [3.8, 4) is 0 Å². The van der Waals surface area contributed by atoms with Gasteiger partial charge in [0.2, 0.25) is 11.8 Å². The maximum Gasteiger partial charge on any atom is 0.223 e. The highest BCUT2D eigenvalue weighted by molar-refractivity contribution is 5.79. The van der Waals surface area contributed by atoms with Crippen molar-refractivity contribution in [1.82, 2.24) is 9.80 Å². The molecule has 6 rings (SSSR count). The molecule has 25 heavy (non-hydrogen) atoms. The van der Waals surface area contributed by atoms with Gasteiger partial charge in [0.1, 0.15) is 0 Å². The van der Waals surface area contributed by atoms with Gasteiger partial charge in [-0.1, -0.05) is 0 Å². The number of hydrogen-bond donors (Lipinski definition) is 0. The van der Waals surface area contributed by atoms with E-state index in [0.717, 1.165) is 69.5 Å². The van der Waals surface area contributed by atoms with Gasteiger partial charge in [0.15, 0.2) is 0 Å². The van der Waals surface area contributed by atoms with E-state index in [4.69, 9.17) is 0 Å². The molecule has 2 amide bonds. The minimum absolute atomic E-state index is 0.332. The smallest absolute Gasteiger partial charge is 0.223 e. The van der Waals surface area contributed by atoms with Crippen LogP contribution in [-0.2, 0) is 9.59 Å². The van der Waals surface area contributed by atoms with Gasteiger partial charge >= 0.3 is 0 Å². The van der Waals surface area contributed by atoms with Gasteiger partial charge < -0.3 is 9.80 Å². The van der Waals surface area contributed by atoms with Crippen LogP contribution in [0.3, 0.4) is 0 Å². The van der Waals surface area contributed by atoms with Crippen molar-refractivity contribution in [2.24, 2.45) is 23.2 Å². The Hall–Kier alpha value is -1.06. The van der Waals surface area contributed by atoms with E-state index in [1.165, 1.54) is 38.5 Å². The van der Waals surface area contributed by atoms with E-state index in [1.807, 2.05) is 0 Å². The molecule has 2 aliphatic heterocycles. The number of hydrogen-bond acceptors (Lipinski definition) is 2. The first-order valence-corrected chi connectivity index (χ1v) is 10.7. The van der Waals surface area contributed by atoms with Crippen molar-refractivity contribution in [2.75, 3.05) is 19.6 Å². The molecule has 138 valence electrons. The Morgan fingerprint density at radius 2 is 1.56 bits per heavy atom. The molecule has 0 N–H and O–H groups in total. The first-order chi connectivity index (χ1) is 12.1. The number of piperidine rings is 1. The fraction of sp³-hybridized carbons (Fsp3) is 0.905. The third-order valence-electron chi connectivity index (χ3n) is 8.06. The van der Waals surface area contributed by atoms with Crippen molar-refractivity contribution >= 4 is 11.8 Å². The van der Waals surface area contributed by atoms with E-state index < -0.39 is 0 Å². The summed E-state index contributed by atoms with van der Waals surface area (Å²) in [6, 6.07) is 0.388. The van der Waals surface area contributed by atoms with Crippen molar-refractivity contribution in [3.63, 3.8) is 0 Å². The highest BCUT2D eigenvalue weighted by atomic mass is 16.2. The fourth-order valence-electron chi connectivity index (χ4n) is 7.42. The summed E-state index contributed by atoms with van der Waals surface area (Å²) in [7, 11) is 0. The number of nitrogens with zero attached hydrogens (tertiary/aromatic N) is 2. The van der Waals surface area contributed by atoms with Gasteiger partial charge in [0.25, 0.3) is 0 Å². The summed E-state index contributed by atoms with van der Waals surface area (Å²) in [5.41, 5.74) is 0.355. The van der Waals surface area contributed by atoms with Crippen molar-refractivity contribution in [2.45, 2.75) is 76.7 Å². The molecule has 6 fully saturated rings. The number of carbonyl (C=O) groups is 2. The van der Waals surface area contributed by atoms with Crippen LogP contribution in [0.25, 0.3) is 0 Å². The first-order valence-electron chi connectivity index (χ1n) is 10.7. The second kappa shape index (κ2) is 5.99. The molecule has 0 spiro atoms. The Labute approximate surface area is 151 Å². The van der Waals surface area contributed by atoms with Gasteiger partial charge in [-0.3, -0.25) is 9.59 Å². The molecule has 2 saturated heterocycles. The molecule has 0 atom stereocenters. The molecule has 4 aliphatic carbocycles. The number of carbonyl (C=O) groups excluding carboxylic acids is 2. The quantitative estimate of drug-likeness (QED) is 0.789. The van der Waals surface area contributed by atoms with Crippen LogP contribution in [0.1, 0.15) is 70.6 Å². The van der Waals surface area contributed by atoms with Crippen molar-refractivity contribution in [3.05, 3.63) is 0 Å². The van der Waals surface area contributed by atoms with Crippen LogP contribution in [0.5, 0.6) is 0 Å². The van der Waals surface area contributed by atoms with Gasteiger partial charge in [-0.2, -0.15) is 0 Å². The Balaban J connectivity index is 1.18. The van der Waals surface area contributed by atoms with Gasteiger partial charge in [-0.25, -0.2) is 0 Å². The summed E-state index contributed by atoms with van der Waals surface area (Å²) in [5.74, 6) is 3.51. The minimum atomic E-state index is 0.332. The predicted octanol–water partition coefficient (Wildman–Crippen LogP) is 3.21. The lowest BCUT2D eigenvalue weighted by atomic mass is 9.49. The van der Waals surface area contributed by atoms with Crippen LogP contribution in [0.15, 0.2) is 0 Å². The molecule has 2 heterocycles. The molecule has 6 aliphatic rings. The maximum absolute atomic E-state index is 13.0. The molecule has 4 nitrogen and oxygen atoms in total. The Morgan fingerprint density at radius 3 is 2.08 bits per heavy atom. The lowest BCUT2D eigenvalue weighted by Gasteiger charge is -2.57. The van der Waals surface area contributed by atoms with E-state index in [2.05, 4.69) is 9.80 Å². The summed E-state index contributed by atoms with van der Waals surface area (Å²) in [5, 5.41) is 0. The van der Waals surface area contributed by atoms with Crippen LogP contribution in [0.4, 0.5) is 0 Å². The summed E-state index contributed by atoms with van der Waals surface area (Å²) < 4.78 is 0. The largest absolute Gasteiger partial charge is 0.343 e. The van der Waals surface area contributed by atoms with Gasteiger partial charge in [0.05, 0.1) is 0 Å². The molecule has 0 radical (unpaired) electrons. The van der Waals surface area contributed by atoms with Crippen LogP contribution in [-0.4, -0.2) is 47.3 Å². The molecule has 4 heteroatoms. The molecule has 4 saturated carbocycles. The maximum atomic E-state index is 13.0. The van der Waals surface area contributed by atoms with Crippen molar-refractivity contribution in [1.29, 1.82) is 0 Å². The normalized spacial score (nSPS) is 41.0. The Morgan fingerprint density at radius 1 is 0.960 bits per heavy atom. The lowest BCUT2D eigenvalue weighted by Crippen LogP contribution is -2.51. The predicted molar refractivity (Wildman–Crippen MR) is 95.8 cm³/mol. The highest BCUT2D eigenvalue weighted by Crippen LogP contribution is 2.61. The average Bonchev–Trinajstić information content (AvgIpc) is 2.99. The molecule has 0 unspecified atom stereocenters. The third-order valence-corrected chi connectivity index (χ3v) is 8.06. The zero-order valence-corrected chi connectivity index (χ0v) is 15.4. The van der Waals surface area contributed by atoms with Gasteiger partial charge in [-0.15, -0.1) is 0 Å². The van der Waals surface area contributed by atoms with E-state index in [0.29, 0.717) is 23.3 Å². The number of amides is 2. The second-order valence-electron chi connectivity index (χ2n) is 9.90. The van der Waals surface area contributed by atoms with E-state index in [-0.39, 0.29) is 0 Å². The topological polar surface area (TPSA) is 40.6 Å². The Bertz CT molecular complexity index is 529. The summed E-state index contributed by atoms with van der Waals surface area (Å²) in [4.78, 5) is 29.2. The monoisotopic (exact) mass is 344 g/mol. The van der Waals surface area contributed by atoms with E-state index >= 15 is 0 Å². The molecule has 4 bridgehead atoms. The van der Waals surface area contributed by atoms with E-state index in [9.17, 15) is 9.59 Å². The number of likely N-dealkylation sites (tertiary alicyclic amines) is 2. The van der Waals surface area contributed by atoms with E-state index in [1.54, 1.807) is 0 Å². The summed E-state index contributed by atoms with van der Waals surface area (Å²) in [6.45, 7) is 2.66. The third kappa shape index (κ3) is 2.90. The zero-order chi connectivity index (χ0) is 17.0. The zero-order valence-electron chi connectivity index (χ0n) is 15.4.